The SMILES string of the molecule is Brc1ccsc1CNCc1cccc2c1OCCCO2. The van der Waals surface area contributed by atoms with E-state index in [2.05, 4.69) is 38.8 Å². The molecule has 1 aliphatic heterocycles. The van der Waals surface area contributed by atoms with E-state index in [-0.39, 0.29) is 0 Å². The third-order valence-corrected chi connectivity index (χ3v) is 5.07. The van der Waals surface area contributed by atoms with Gasteiger partial charge in [-0.2, -0.15) is 0 Å². The standard InChI is InChI=1S/C15H16BrNO2S/c16-12-5-8-20-14(12)10-17-9-11-3-1-4-13-15(11)19-7-2-6-18-13/h1,3-5,8,17H,2,6-7,9-10H2. The minimum absolute atomic E-state index is 0.723. The van der Waals surface area contributed by atoms with E-state index in [1.807, 2.05) is 12.1 Å². The molecule has 20 heavy (non-hydrogen) atoms. The summed E-state index contributed by atoms with van der Waals surface area (Å²) in [6, 6.07) is 8.16. The van der Waals surface area contributed by atoms with Crippen molar-refractivity contribution in [2.75, 3.05) is 13.2 Å². The van der Waals surface area contributed by atoms with Crippen molar-refractivity contribution >= 4 is 27.3 Å². The molecule has 1 N–H and O–H groups in total. The van der Waals surface area contributed by atoms with E-state index >= 15 is 0 Å². The highest BCUT2D eigenvalue weighted by atomic mass is 79.9. The summed E-state index contributed by atoms with van der Waals surface area (Å²) >= 11 is 5.30. The number of fused-ring (bicyclic) bond motifs is 1. The molecule has 0 saturated heterocycles. The van der Waals surface area contributed by atoms with E-state index in [1.165, 1.54) is 9.35 Å². The Bertz CT molecular complexity index is 585. The summed E-state index contributed by atoms with van der Waals surface area (Å²) in [6.45, 7) is 3.08. The van der Waals surface area contributed by atoms with Crippen molar-refractivity contribution in [3.63, 3.8) is 0 Å². The number of para-hydroxylation sites is 1. The molecule has 5 heteroatoms. The summed E-state index contributed by atoms with van der Waals surface area (Å²) in [4.78, 5) is 1.31. The molecule has 0 saturated carbocycles. The average Bonchev–Trinajstić information content (AvgIpc) is 2.73. The van der Waals surface area contributed by atoms with Crippen LogP contribution >= 0.6 is 27.3 Å². The van der Waals surface area contributed by atoms with Crippen LogP contribution in [0.4, 0.5) is 0 Å². The Morgan fingerprint density at radius 3 is 2.90 bits per heavy atom. The number of hydrogen-bond acceptors (Lipinski definition) is 4. The molecule has 0 amide bonds. The minimum Gasteiger partial charge on any atom is -0.490 e. The zero-order valence-electron chi connectivity index (χ0n) is 11.0. The zero-order valence-corrected chi connectivity index (χ0v) is 13.4. The summed E-state index contributed by atoms with van der Waals surface area (Å²) in [5.41, 5.74) is 1.15. The van der Waals surface area contributed by atoms with Gasteiger partial charge in [-0.15, -0.1) is 11.3 Å². The van der Waals surface area contributed by atoms with Gasteiger partial charge in [-0.3, -0.25) is 0 Å². The highest BCUT2D eigenvalue weighted by Gasteiger charge is 2.14. The molecule has 1 aliphatic rings. The van der Waals surface area contributed by atoms with Gasteiger partial charge in [-0.1, -0.05) is 12.1 Å². The van der Waals surface area contributed by atoms with E-state index in [4.69, 9.17) is 9.47 Å². The highest BCUT2D eigenvalue weighted by molar-refractivity contribution is 9.10. The summed E-state index contributed by atoms with van der Waals surface area (Å²) in [6.07, 6.45) is 0.934. The number of benzene rings is 1. The summed E-state index contributed by atoms with van der Waals surface area (Å²) < 4.78 is 12.7. The Hall–Kier alpha value is -1.04. The smallest absolute Gasteiger partial charge is 0.165 e. The summed E-state index contributed by atoms with van der Waals surface area (Å²) in [5.74, 6) is 1.75. The van der Waals surface area contributed by atoms with Crippen molar-refractivity contribution in [3.8, 4) is 11.5 Å². The minimum atomic E-state index is 0.723. The largest absolute Gasteiger partial charge is 0.490 e. The molecular weight excluding hydrogens is 338 g/mol. The first kappa shape index (κ1) is 13.9. The molecule has 0 aliphatic carbocycles. The van der Waals surface area contributed by atoms with Gasteiger partial charge in [0.1, 0.15) is 0 Å². The maximum Gasteiger partial charge on any atom is 0.165 e. The Labute approximate surface area is 131 Å². The Kier molecular flexibility index (Phi) is 4.60. The predicted molar refractivity (Wildman–Crippen MR) is 84.6 cm³/mol. The van der Waals surface area contributed by atoms with Crippen LogP contribution in [0.1, 0.15) is 16.9 Å². The molecular formula is C15H16BrNO2S. The molecule has 3 nitrogen and oxygen atoms in total. The van der Waals surface area contributed by atoms with Crippen LogP contribution in [0.15, 0.2) is 34.1 Å². The lowest BCUT2D eigenvalue weighted by atomic mass is 10.2. The van der Waals surface area contributed by atoms with Crippen molar-refractivity contribution in [1.29, 1.82) is 0 Å². The van der Waals surface area contributed by atoms with Crippen LogP contribution in [-0.4, -0.2) is 13.2 Å². The highest BCUT2D eigenvalue weighted by Crippen LogP contribution is 2.33. The van der Waals surface area contributed by atoms with Crippen molar-refractivity contribution in [1.82, 2.24) is 5.32 Å². The second-order valence-electron chi connectivity index (χ2n) is 4.59. The Balaban J connectivity index is 1.67. The summed E-state index contributed by atoms with van der Waals surface area (Å²) in [5, 5.41) is 5.55. The van der Waals surface area contributed by atoms with E-state index in [1.54, 1.807) is 11.3 Å². The molecule has 1 aromatic heterocycles. The van der Waals surface area contributed by atoms with E-state index < -0.39 is 0 Å². The zero-order chi connectivity index (χ0) is 13.8. The quantitative estimate of drug-likeness (QED) is 0.902. The molecule has 0 radical (unpaired) electrons. The fraction of sp³-hybridized carbons (Fsp3) is 0.333. The normalized spacial score (nSPS) is 14.1. The molecule has 2 aromatic rings. The van der Waals surface area contributed by atoms with Gasteiger partial charge >= 0.3 is 0 Å². The van der Waals surface area contributed by atoms with Crippen LogP contribution < -0.4 is 14.8 Å². The first-order chi connectivity index (χ1) is 9.84. The van der Waals surface area contributed by atoms with Crippen LogP contribution in [0.2, 0.25) is 0 Å². The molecule has 3 rings (SSSR count). The molecule has 0 unspecified atom stereocenters. The van der Waals surface area contributed by atoms with Crippen LogP contribution in [0.3, 0.4) is 0 Å². The van der Waals surface area contributed by atoms with Gasteiger partial charge in [0.15, 0.2) is 11.5 Å². The second-order valence-corrected chi connectivity index (χ2v) is 6.45. The van der Waals surface area contributed by atoms with Gasteiger partial charge in [0, 0.05) is 34.4 Å². The molecule has 0 atom stereocenters. The number of halogens is 1. The number of thiophene rings is 1. The topological polar surface area (TPSA) is 30.5 Å². The fourth-order valence-corrected chi connectivity index (χ4v) is 3.62. The number of rotatable bonds is 4. The van der Waals surface area contributed by atoms with Crippen LogP contribution in [0, 0.1) is 0 Å². The van der Waals surface area contributed by atoms with Gasteiger partial charge in [0.2, 0.25) is 0 Å². The lowest BCUT2D eigenvalue weighted by Gasteiger charge is -2.12. The lowest BCUT2D eigenvalue weighted by molar-refractivity contribution is 0.296. The molecule has 0 bridgehead atoms. The first-order valence-corrected chi connectivity index (χ1v) is 8.32. The van der Waals surface area contributed by atoms with Gasteiger partial charge in [-0.05, 0) is 33.4 Å². The second kappa shape index (κ2) is 6.61. The van der Waals surface area contributed by atoms with Gasteiger partial charge in [-0.25, -0.2) is 0 Å². The van der Waals surface area contributed by atoms with E-state index in [0.29, 0.717) is 0 Å². The maximum atomic E-state index is 5.82. The Morgan fingerprint density at radius 2 is 2.05 bits per heavy atom. The van der Waals surface area contributed by atoms with Crippen LogP contribution in [-0.2, 0) is 13.1 Å². The molecule has 1 aromatic carbocycles. The fourth-order valence-electron chi connectivity index (χ4n) is 2.16. The van der Waals surface area contributed by atoms with Crippen molar-refractivity contribution in [2.24, 2.45) is 0 Å². The Morgan fingerprint density at radius 1 is 1.15 bits per heavy atom. The van der Waals surface area contributed by atoms with Gasteiger partial charge in [0.25, 0.3) is 0 Å². The first-order valence-electron chi connectivity index (χ1n) is 6.64. The van der Waals surface area contributed by atoms with Crippen LogP contribution in [0.5, 0.6) is 11.5 Å². The van der Waals surface area contributed by atoms with Gasteiger partial charge in [0.05, 0.1) is 13.2 Å². The maximum absolute atomic E-state index is 5.82. The van der Waals surface area contributed by atoms with Crippen molar-refractivity contribution in [2.45, 2.75) is 19.5 Å². The molecule has 0 spiro atoms. The van der Waals surface area contributed by atoms with Crippen molar-refractivity contribution in [3.05, 3.63) is 44.6 Å². The molecule has 106 valence electrons. The van der Waals surface area contributed by atoms with Crippen LogP contribution in [0.25, 0.3) is 0 Å². The average molecular weight is 354 g/mol. The third kappa shape index (κ3) is 3.16. The van der Waals surface area contributed by atoms with E-state index in [9.17, 15) is 0 Å². The molecule has 2 heterocycles. The van der Waals surface area contributed by atoms with Crippen molar-refractivity contribution < 1.29 is 9.47 Å². The van der Waals surface area contributed by atoms with E-state index in [0.717, 1.165) is 49.8 Å². The number of ether oxygens (including phenoxy) is 2. The number of nitrogens with one attached hydrogen (secondary N) is 1. The monoisotopic (exact) mass is 353 g/mol. The van der Waals surface area contributed by atoms with Gasteiger partial charge < -0.3 is 14.8 Å². The molecule has 0 fully saturated rings. The third-order valence-electron chi connectivity index (χ3n) is 3.15. The number of hydrogen-bond donors (Lipinski definition) is 1. The summed E-state index contributed by atoms with van der Waals surface area (Å²) in [7, 11) is 0. The predicted octanol–water partition coefficient (Wildman–Crippen LogP) is 3.96. The lowest BCUT2D eigenvalue weighted by Crippen LogP contribution is -2.13.